The SMILES string of the molecule is CCCCOC(=O)COc1ccc(C(=O)CN2C(=O)CN(C3CCN(C(=O)OC(C)(C)C)CC3)CC2=O)cc1. The number of imide groups is 1. The fraction of sp³-hybridized carbons (Fsp3) is 0.607. The van der Waals surface area contributed by atoms with E-state index in [1.807, 2.05) is 32.6 Å². The number of hydrogen-bond acceptors (Lipinski definition) is 9. The maximum Gasteiger partial charge on any atom is 0.410 e. The number of Topliss-reactive ketones (excluding diaryl/α,β-unsaturated/α-hetero) is 1. The zero-order valence-corrected chi connectivity index (χ0v) is 23.3. The number of nitrogens with zero attached hydrogens (tertiary/aromatic N) is 3. The molecule has 0 N–H and O–H groups in total. The molecule has 0 bridgehead atoms. The van der Waals surface area contributed by atoms with Crippen LogP contribution in [0.15, 0.2) is 24.3 Å². The maximum absolute atomic E-state index is 12.8. The van der Waals surface area contributed by atoms with Crippen molar-refractivity contribution in [3.63, 3.8) is 0 Å². The number of carbonyl (C=O) groups excluding carboxylic acids is 5. The zero-order chi connectivity index (χ0) is 28.6. The van der Waals surface area contributed by atoms with Crippen molar-refractivity contribution in [2.24, 2.45) is 0 Å². The molecule has 0 spiro atoms. The van der Waals surface area contributed by atoms with E-state index in [-0.39, 0.29) is 44.2 Å². The second kappa shape index (κ2) is 13.5. The first kappa shape index (κ1) is 30.1. The van der Waals surface area contributed by atoms with Crippen LogP contribution in [0.5, 0.6) is 5.75 Å². The van der Waals surface area contributed by atoms with Crippen LogP contribution >= 0.6 is 0 Å². The van der Waals surface area contributed by atoms with Crippen LogP contribution in [-0.4, -0.2) is 102 Å². The highest BCUT2D eigenvalue weighted by Crippen LogP contribution is 2.21. The van der Waals surface area contributed by atoms with E-state index in [9.17, 15) is 24.0 Å². The molecule has 11 nitrogen and oxygen atoms in total. The minimum atomic E-state index is -0.570. The van der Waals surface area contributed by atoms with Gasteiger partial charge in [-0.3, -0.25) is 24.2 Å². The van der Waals surface area contributed by atoms with Crippen molar-refractivity contribution in [1.82, 2.24) is 14.7 Å². The number of esters is 1. The van der Waals surface area contributed by atoms with Crippen LogP contribution in [0.1, 0.15) is 63.7 Å². The molecule has 1 aromatic rings. The summed E-state index contributed by atoms with van der Waals surface area (Å²) in [5.41, 5.74) is -0.245. The van der Waals surface area contributed by atoms with Crippen LogP contribution in [0.2, 0.25) is 0 Å². The lowest BCUT2D eigenvalue weighted by molar-refractivity contribution is -0.152. The van der Waals surface area contributed by atoms with Gasteiger partial charge >= 0.3 is 12.1 Å². The van der Waals surface area contributed by atoms with E-state index in [4.69, 9.17) is 14.2 Å². The molecule has 1 aromatic carbocycles. The van der Waals surface area contributed by atoms with E-state index in [2.05, 4.69) is 0 Å². The normalized spacial score (nSPS) is 17.2. The van der Waals surface area contributed by atoms with Gasteiger partial charge in [-0.05, 0) is 64.3 Å². The van der Waals surface area contributed by atoms with Crippen LogP contribution in [-0.2, 0) is 23.9 Å². The largest absolute Gasteiger partial charge is 0.482 e. The van der Waals surface area contributed by atoms with Crippen molar-refractivity contribution >= 4 is 29.7 Å². The van der Waals surface area contributed by atoms with Gasteiger partial charge in [0.05, 0.1) is 26.2 Å². The van der Waals surface area contributed by atoms with E-state index in [1.165, 1.54) is 12.1 Å². The number of ketones is 1. The van der Waals surface area contributed by atoms with E-state index in [0.29, 0.717) is 43.9 Å². The number of ether oxygens (including phenoxy) is 3. The Morgan fingerprint density at radius 1 is 0.974 bits per heavy atom. The average Bonchev–Trinajstić information content (AvgIpc) is 2.89. The van der Waals surface area contributed by atoms with Gasteiger partial charge in [0.2, 0.25) is 11.8 Å². The summed E-state index contributed by atoms with van der Waals surface area (Å²) in [5.74, 6) is -1.28. The topological polar surface area (TPSA) is 123 Å². The maximum atomic E-state index is 12.8. The lowest BCUT2D eigenvalue weighted by atomic mass is 10.0. The minimum Gasteiger partial charge on any atom is -0.482 e. The van der Waals surface area contributed by atoms with Crippen molar-refractivity contribution in [2.75, 3.05) is 45.9 Å². The number of piperidine rings is 1. The first-order chi connectivity index (χ1) is 18.5. The van der Waals surface area contributed by atoms with Gasteiger partial charge in [0.25, 0.3) is 0 Å². The predicted molar refractivity (Wildman–Crippen MR) is 141 cm³/mol. The van der Waals surface area contributed by atoms with Gasteiger partial charge < -0.3 is 19.1 Å². The van der Waals surface area contributed by atoms with Crippen LogP contribution in [0, 0.1) is 0 Å². The summed E-state index contributed by atoms with van der Waals surface area (Å²) in [7, 11) is 0. The molecule has 2 aliphatic rings. The molecule has 2 saturated heterocycles. The van der Waals surface area contributed by atoms with Gasteiger partial charge in [-0.2, -0.15) is 0 Å². The van der Waals surface area contributed by atoms with E-state index in [0.717, 1.165) is 17.7 Å². The molecule has 0 atom stereocenters. The number of benzene rings is 1. The molecule has 0 unspecified atom stereocenters. The van der Waals surface area contributed by atoms with Crippen molar-refractivity contribution in [1.29, 1.82) is 0 Å². The molecule has 0 radical (unpaired) electrons. The zero-order valence-electron chi connectivity index (χ0n) is 23.3. The fourth-order valence-electron chi connectivity index (χ4n) is 4.37. The third-order valence-electron chi connectivity index (χ3n) is 6.51. The molecule has 2 fully saturated rings. The summed E-state index contributed by atoms with van der Waals surface area (Å²) in [6, 6.07) is 6.16. The fourth-order valence-corrected chi connectivity index (χ4v) is 4.37. The Morgan fingerprint density at radius 3 is 2.15 bits per heavy atom. The number of hydrogen-bond donors (Lipinski definition) is 0. The van der Waals surface area contributed by atoms with Gasteiger partial charge in [0.15, 0.2) is 12.4 Å². The Balaban J connectivity index is 1.46. The Hall–Kier alpha value is -3.47. The molecule has 214 valence electrons. The minimum absolute atomic E-state index is 0.00842. The summed E-state index contributed by atoms with van der Waals surface area (Å²) in [5, 5.41) is 0. The monoisotopic (exact) mass is 545 g/mol. The van der Waals surface area contributed by atoms with Crippen LogP contribution in [0.25, 0.3) is 0 Å². The Labute approximate surface area is 229 Å². The number of rotatable bonds is 10. The number of unbranched alkanes of at least 4 members (excludes halogenated alkanes) is 1. The first-order valence-electron chi connectivity index (χ1n) is 13.4. The van der Waals surface area contributed by atoms with E-state index in [1.54, 1.807) is 17.0 Å². The molecule has 39 heavy (non-hydrogen) atoms. The predicted octanol–water partition coefficient (Wildman–Crippen LogP) is 2.66. The molecule has 0 saturated carbocycles. The lowest BCUT2D eigenvalue weighted by Crippen LogP contribution is -2.59. The molecule has 3 rings (SSSR count). The molecule has 0 aliphatic carbocycles. The summed E-state index contributed by atoms with van der Waals surface area (Å²) in [6.07, 6.45) is 2.61. The van der Waals surface area contributed by atoms with E-state index < -0.39 is 23.4 Å². The first-order valence-corrected chi connectivity index (χ1v) is 13.4. The van der Waals surface area contributed by atoms with Crippen LogP contribution in [0.4, 0.5) is 4.79 Å². The standard InChI is InChI=1S/C28H39N3O8/c1-5-6-15-37-26(35)19-38-22-9-7-20(8-10-22)23(32)16-31-24(33)17-30(18-25(31)34)21-11-13-29(14-12-21)27(36)39-28(2,3)4/h7-10,21H,5-6,11-19H2,1-4H3. The molecule has 11 heteroatoms. The Kier molecular flexibility index (Phi) is 10.4. The van der Waals surface area contributed by atoms with Crippen molar-refractivity contribution < 1.29 is 38.2 Å². The van der Waals surface area contributed by atoms with Crippen LogP contribution < -0.4 is 4.74 Å². The van der Waals surface area contributed by atoms with Gasteiger partial charge in [-0.1, -0.05) is 13.3 Å². The summed E-state index contributed by atoms with van der Waals surface area (Å²) in [6.45, 7) is 8.29. The highest BCUT2D eigenvalue weighted by molar-refractivity contribution is 6.06. The van der Waals surface area contributed by atoms with Crippen molar-refractivity contribution in [3.05, 3.63) is 29.8 Å². The smallest absolute Gasteiger partial charge is 0.410 e. The van der Waals surface area contributed by atoms with Gasteiger partial charge in [-0.15, -0.1) is 0 Å². The molecular formula is C28H39N3O8. The van der Waals surface area contributed by atoms with E-state index >= 15 is 0 Å². The quantitative estimate of drug-likeness (QED) is 0.189. The number of amides is 3. The lowest BCUT2D eigenvalue weighted by Gasteiger charge is -2.41. The second-order valence-corrected chi connectivity index (χ2v) is 10.8. The number of piperazine rings is 1. The Morgan fingerprint density at radius 2 is 1.59 bits per heavy atom. The summed E-state index contributed by atoms with van der Waals surface area (Å²) < 4.78 is 15.8. The third-order valence-corrected chi connectivity index (χ3v) is 6.51. The van der Waals surface area contributed by atoms with Crippen molar-refractivity contribution in [2.45, 2.75) is 65.0 Å². The van der Waals surface area contributed by atoms with Gasteiger partial charge in [0, 0.05) is 24.7 Å². The number of likely N-dealkylation sites (tertiary alicyclic amines) is 1. The molecule has 3 amide bonds. The summed E-state index contributed by atoms with van der Waals surface area (Å²) in [4.78, 5) is 66.9. The molecule has 2 aliphatic heterocycles. The van der Waals surface area contributed by atoms with Crippen LogP contribution in [0.3, 0.4) is 0 Å². The molecular weight excluding hydrogens is 506 g/mol. The summed E-state index contributed by atoms with van der Waals surface area (Å²) >= 11 is 0. The van der Waals surface area contributed by atoms with Gasteiger partial charge in [-0.25, -0.2) is 9.59 Å². The number of carbonyl (C=O) groups is 5. The van der Waals surface area contributed by atoms with Crippen molar-refractivity contribution in [3.8, 4) is 5.75 Å². The molecule has 2 heterocycles. The second-order valence-electron chi connectivity index (χ2n) is 10.8. The average molecular weight is 546 g/mol. The highest BCUT2D eigenvalue weighted by Gasteiger charge is 2.37. The highest BCUT2D eigenvalue weighted by atomic mass is 16.6. The Bertz CT molecular complexity index is 1020. The van der Waals surface area contributed by atoms with Gasteiger partial charge in [0.1, 0.15) is 11.4 Å². The third kappa shape index (κ3) is 9.05. The molecule has 0 aromatic heterocycles.